The SMILES string of the molecule is COC(=O)c1ccc(NC(=O)C[C@@H]2SC(=Nc3ccc(OC)cc3)N(C)C2=O)cc1. The molecule has 8 nitrogen and oxygen atoms in total. The van der Waals surface area contributed by atoms with Crippen molar-refractivity contribution in [3.05, 3.63) is 54.1 Å². The molecule has 0 unspecified atom stereocenters. The molecule has 1 heterocycles. The predicted molar refractivity (Wildman–Crippen MR) is 115 cm³/mol. The highest BCUT2D eigenvalue weighted by Gasteiger charge is 2.37. The molecule has 9 heteroatoms. The molecule has 1 N–H and O–H groups in total. The number of ether oxygens (including phenoxy) is 2. The van der Waals surface area contributed by atoms with Gasteiger partial charge in [-0.25, -0.2) is 9.79 Å². The van der Waals surface area contributed by atoms with Gasteiger partial charge in [0.2, 0.25) is 11.8 Å². The quantitative estimate of drug-likeness (QED) is 0.712. The van der Waals surface area contributed by atoms with Gasteiger partial charge in [-0.15, -0.1) is 0 Å². The fourth-order valence-electron chi connectivity index (χ4n) is 2.75. The number of amidine groups is 1. The van der Waals surface area contributed by atoms with E-state index in [1.54, 1.807) is 62.7 Å². The fourth-order valence-corrected chi connectivity index (χ4v) is 3.91. The first kappa shape index (κ1) is 21.4. The summed E-state index contributed by atoms with van der Waals surface area (Å²) in [4.78, 5) is 42.3. The third-order valence-corrected chi connectivity index (χ3v) is 5.63. The maximum atomic E-state index is 12.5. The van der Waals surface area contributed by atoms with E-state index in [9.17, 15) is 14.4 Å². The number of methoxy groups -OCH3 is 2. The number of amides is 2. The molecule has 1 aliphatic heterocycles. The van der Waals surface area contributed by atoms with Crippen LogP contribution in [0.5, 0.6) is 5.75 Å². The number of benzene rings is 2. The fraction of sp³-hybridized carbons (Fsp3) is 0.238. The van der Waals surface area contributed by atoms with E-state index in [1.165, 1.54) is 23.8 Å². The number of thioether (sulfide) groups is 1. The summed E-state index contributed by atoms with van der Waals surface area (Å²) >= 11 is 1.25. The lowest BCUT2D eigenvalue weighted by Crippen LogP contribution is -2.30. The summed E-state index contributed by atoms with van der Waals surface area (Å²) in [7, 11) is 4.53. The van der Waals surface area contributed by atoms with Crippen molar-refractivity contribution >= 4 is 46.1 Å². The molecule has 1 atom stereocenters. The zero-order valence-corrected chi connectivity index (χ0v) is 17.6. The van der Waals surface area contributed by atoms with Crippen LogP contribution in [-0.2, 0) is 14.3 Å². The maximum Gasteiger partial charge on any atom is 0.337 e. The molecule has 2 amide bonds. The number of carbonyl (C=O) groups is 3. The van der Waals surface area contributed by atoms with Gasteiger partial charge in [-0.2, -0.15) is 0 Å². The highest BCUT2D eigenvalue weighted by atomic mass is 32.2. The van der Waals surface area contributed by atoms with Gasteiger partial charge in [-0.1, -0.05) is 11.8 Å². The first-order chi connectivity index (χ1) is 14.4. The van der Waals surface area contributed by atoms with Gasteiger partial charge in [0.1, 0.15) is 11.0 Å². The van der Waals surface area contributed by atoms with Gasteiger partial charge in [-0.05, 0) is 48.5 Å². The molecular weight excluding hydrogens is 406 g/mol. The zero-order chi connectivity index (χ0) is 21.7. The minimum Gasteiger partial charge on any atom is -0.497 e. The Morgan fingerprint density at radius 2 is 1.77 bits per heavy atom. The lowest BCUT2D eigenvalue weighted by Gasteiger charge is -2.09. The number of anilines is 1. The molecule has 1 aliphatic rings. The van der Waals surface area contributed by atoms with Crippen LogP contribution in [-0.4, -0.2) is 54.4 Å². The molecule has 2 aromatic carbocycles. The van der Waals surface area contributed by atoms with Crippen LogP contribution in [0.2, 0.25) is 0 Å². The first-order valence-corrected chi connectivity index (χ1v) is 9.94. The van der Waals surface area contributed by atoms with Crippen molar-refractivity contribution in [3.63, 3.8) is 0 Å². The van der Waals surface area contributed by atoms with Crippen molar-refractivity contribution < 1.29 is 23.9 Å². The molecule has 0 radical (unpaired) electrons. The van der Waals surface area contributed by atoms with Crippen LogP contribution >= 0.6 is 11.8 Å². The summed E-state index contributed by atoms with van der Waals surface area (Å²) in [6.45, 7) is 0. The molecule has 156 valence electrons. The Kier molecular flexibility index (Phi) is 6.73. The lowest BCUT2D eigenvalue weighted by atomic mass is 10.2. The van der Waals surface area contributed by atoms with E-state index < -0.39 is 11.2 Å². The third-order valence-electron chi connectivity index (χ3n) is 4.40. The van der Waals surface area contributed by atoms with Gasteiger partial charge in [0.15, 0.2) is 5.17 Å². The van der Waals surface area contributed by atoms with E-state index in [0.29, 0.717) is 22.1 Å². The summed E-state index contributed by atoms with van der Waals surface area (Å²) in [6.07, 6.45) is 0.00816. The van der Waals surface area contributed by atoms with E-state index >= 15 is 0 Å². The van der Waals surface area contributed by atoms with Gasteiger partial charge in [0.05, 0.1) is 25.5 Å². The number of rotatable bonds is 6. The van der Waals surface area contributed by atoms with Crippen LogP contribution in [0.1, 0.15) is 16.8 Å². The van der Waals surface area contributed by atoms with Gasteiger partial charge in [0.25, 0.3) is 0 Å². The molecule has 1 saturated heterocycles. The Bertz CT molecular complexity index is 973. The van der Waals surface area contributed by atoms with Crippen LogP contribution in [0.4, 0.5) is 11.4 Å². The standard InChI is InChI=1S/C21H21N3O5S/c1-24-19(26)17(30-21(24)23-15-8-10-16(28-2)11-9-15)12-18(25)22-14-6-4-13(5-7-14)20(27)29-3/h4-11,17H,12H2,1-3H3,(H,22,25)/t17-/m0/s1. The van der Waals surface area contributed by atoms with Crippen LogP contribution in [0, 0.1) is 0 Å². The van der Waals surface area contributed by atoms with Crippen LogP contribution in [0.3, 0.4) is 0 Å². The zero-order valence-electron chi connectivity index (χ0n) is 16.7. The molecule has 30 heavy (non-hydrogen) atoms. The Hall–Kier alpha value is -3.33. The summed E-state index contributed by atoms with van der Waals surface area (Å²) < 4.78 is 9.77. The normalized spacial score (nSPS) is 17.2. The Labute approximate surface area is 178 Å². The van der Waals surface area contributed by atoms with E-state index in [-0.39, 0.29) is 18.2 Å². The average Bonchev–Trinajstić information content (AvgIpc) is 3.01. The largest absolute Gasteiger partial charge is 0.497 e. The minimum atomic E-state index is -0.554. The van der Waals surface area contributed by atoms with Gasteiger partial charge < -0.3 is 14.8 Å². The number of esters is 1. The molecule has 3 rings (SSSR count). The summed E-state index contributed by atoms with van der Waals surface area (Å²) in [6, 6.07) is 13.5. The number of carbonyl (C=O) groups excluding carboxylic acids is 3. The van der Waals surface area contributed by atoms with Crippen molar-refractivity contribution in [2.24, 2.45) is 4.99 Å². The monoisotopic (exact) mass is 427 g/mol. The molecular formula is C21H21N3O5S. The van der Waals surface area contributed by atoms with Crippen molar-refractivity contribution in [1.29, 1.82) is 0 Å². The van der Waals surface area contributed by atoms with Crippen LogP contribution in [0.25, 0.3) is 0 Å². The second kappa shape index (κ2) is 9.45. The van der Waals surface area contributed by atoms with Crippen molar-refractivity contribution in [2.45, 2.75) is 11.7 Å². The average molecular weight is 427 g/mol. The molecule has 0 aromatic heterocycles. The Morgan fingerprint density at radius 3 is 2.37 bits per heavy atom. The number of nitrogens with one attached hydrogen (secondary N) is 1. The number of hydrogen-bond donors (Lipinski definition) is 1. The van der Waals surface area contributed by atoms with Crippen LogP contribution in [0.15, 0.2) is 53.5 Å². The number of hydrogen-bond acceptors (Lipinski definition) is 7. The topological polar surface area (TPSA) is 97.3 Å². The lowest BCUT2D eigenvalue weighted by molar-refractivity contribution is -0.127. The predicted octanol–water partition coefficient (Wildman–Crippen LogP) is 3.07. The number of aliphatic imine (C=N–C) groups is 1. The van der Waals surface area contributed by atoms with Crippen molar-refractivity contribution in [3.8, 4) is 5.75 Å². The highest BCUT2D eigenvalue weighted by Crippen LogP contribution is 2.31. The molecule has 0 saturated carbocycles. The maximum absolute atomic E-state index is 12.5. The summed E-state index contributed by atoms with van der Waals surface area (Å²) in [5, 5.41) is 2.72. The smallest absolute Gasteiger partial charge is 0.337 e. The van der Waals surface area contributed by atoms with Gasteiger partial charge in [0, 0.05) is 19.2 Å². The van der Waals surface area contributed by atoms with E-state index in [2.05, 4.69) is 15.0 Å². The summed E-state index contributed by atoms with van der Waals surface area (Å²) in [5.41, 5.74) is 1.61. The van der Waals surface area contributed by atoms with Crippen molar-refractivity contribution in [1.82, 2.24) is 4.90 Å². The minimum absolute atomic E-state index is 0.00816. The Balaban J connectivity index is 1.62. The molecule has 0 aliphatic carbocycles. The molecule has 2 aromatic rings. The second-order valence-corrected chi connectivity index (χ2v) is 7.59. The van der Waals surface area contributed by atoms with Gasteiger partial charge in [-0.3, -0.25) is 14.5 Å². The van der Waals surface area contributed by atoms with Crippen molar-refractivity contribution in [2.75, 3.05) is 26.6 Å². The van der Waals surface area contributed by atoms with Crippen LogP contribution < -0.4 is 10.1 Å². The first-order valence-electron chi connectivity index (χ1n) is 9.06. The Morgan fingerprint density at radius 1 is 1.10 bits per heavy atom. The van der Waals surface area contributed by atoms with E-state index in [1.807, 2.05) is 0 Å². The van der Waals surface area contributed by atoms with Gasteiger partial charge >= 0.3 is 5.97 Å². The van der Waals surface area contributed by atoms with E-state index in [0.717, 1.165) is 5.75 Å². The molecule has 1 fully saturated rings. The third kappa shape index (κ3) is 4.98. The number of nitrogens with zero attached hydrogens (tertiary/aromatic N) is 2. The summed E-state index contributed by atoms with van der Waals surface area (Å²) in [5.74, 6) is -0.210. The molecule has 0 bridgehead atoms. The molecule has 0 spiro atoms. The van der Waals surface area contributed by atoms with E-state index in [4.69, 9.17) is 4.74 Å². The second-order valence-electron chi connectivity index (χ2n) is 6.42. The highest BCUT2D eigenvalue weighted by molar-refractivity contribution is 8.15.